The Kier molecular flexibility index (Phi) is 630. The molecule has 0 saturated heterocycles. The van der Waals surface area contributed by atoms with E-state index in [4.69, 9.17) is 29.8 Å². The predicted octanol–water partition coefficient (Wildman–Crippen LogP) is -4.53. The van der Waals surface area contributed by atoms with Crippen molar-refractivity contribution in [2.24, 2.45) is 0 Å². The Labute approximate surface area is 137 Å². The molecule has 88 valence electrons. The fraction of sp³-hybridized carbons (Fsp3) is 0.125. The van der Waals surface area contributed by atoms with Gasteiger partial charge in [0.15, 0.2) is 0 Å². The molecule has 18 heavy (non-hydrogen) atoms. The van der Waals surface area contributed by atoms with Gasteiger partial charge in [-0.3, -0.25) is 0 Å². The van der Waals surface area contributed by atoms with Gasteiger partial charge in [-0.2, -0.15) is 0 Å². The van der Waals surface area contributed by atoms with Gasteiger partial charge >= 0.3 is 86.1 Å². The molecule has 0 amide bonds. The SMILES string of the molecule is [C-]#[N+]CC(=O)[O-].[C-]#[O+].[C-]#[O+].[C-]#[O+].[C-]#[O+].[C-]#[O+].[Cr].[Na+]. The van der Waals surface area contributed by atoms with Gasteiger partial charge in [0.05, 0.1) is 0 Å². The van der Waals surface area contributed by atoms with Gasteiger partial charge < -0.3 is 14.7 Å². The summed E-state index contributed by atoms with van der Waals surface area (Å²) in [6, 6.07) is 0. The minimum atomic E-state index is -1.31. The standard InChI is InChI=1S/C3H3NO2.5CO.Cr.Na/c1-4-2-3(5)6;5*1-2;;/h2H2,(H,5,6);;;;;;;/q;;;;;;;+1/p-1. The summed E-state index contributed by atoms with van der Waals surface area (Å²) in [5.41, 5.74) is 0. The molecule has 0 aromatic carbocycles. The molecule has 0 fully saturated rings. The van der Waals surface area contributed by atoms with Crippen LogP contribution < -0.4 is 34.7 Å². The van der Waals surface area contributed by atoms with Crippen LogP contribution >= 0.6 is 0 Å². The monoisotopic (exact) mass is 299 g/mol. The summed E-state index contributed by atoms with van der Waals surface area (Å²) in [4.78, 5) is 11.8. The Morgan fingerprint density at radius 2 is 1.06 bits per heavy atom. The summed E-state index contributed by atoms with van der Waals surface area (Å²) in [6.45, 7) is 27.9. The molecule has 0 saturated carbocycles. The number of nitrogens with zero attached hydrogens (tertiary/aromatic N) is 1. The quantitative estimate of drug-likeness (QED) is 0.273. The number of aliphatic carboxylic acids is 1. The summed E-state index contributed by atoms with van der Waals surface area (Å²) >= 11 is 0. The topological polar surface area (TPSA) is 144 Å². The molecule has 10 heteroatoms. The zero-order valence-electron chi connectivity index (χ0n) is 8.92. The second-order valence-corrected chi connectivity index (χ2v) is 0.688. The van der Waals surface area contributed by atoms with Crippen LogP contribution in [0.4, 0.5) is 0 Å². The first-order valence-corrected chi connectivity index (χ1v) is 2.32. The molecule has 0 aliphatic rings. The van der Waals surface area contributed by atoms with Crippen LogP contribution in [0.25, 0.3) is 4.85 Å². The maximum atomic E-state index is 9.27. The predicted molar refractivity (Wildman–Crippen MR) is 36.1 cm³/mol. The minimum absolute atomic E-state index is 0. The Bertz CT molecular complexity index is 229. The van der Waals surface area contributed by atoms with E-state index < -0.39 is 12.5 Å². The molecule has 0 N–H and O–H groups in total. The van der Waals surface area contributed by atoms with E-state index in [1.165, 1.54) is 0 Å². The third-order valence-electron chi connectivity index (χ3n) is 0.208. The second kappa shape index (κ2) is 213. The molecule has 8 nitrogen and oxygen atoms in total. The average molecular weight is 299 g/mol. The van der Waals surface area contributed by atoms with Crippen molar-refractivity contribution in [1.82, 2.24) is 0 Å². The summed E-state index contributed by atoms with van der Waals surface area (Å²) in [7, 11) is 0. The number of carbonyl (C=O) groups excluding carboxylic acids is 1. The molecule has 0 rings (SSSR count). The zero-order valence-corrected chi connectivity index (χ0v) is 12.2. The maximum Gasteiger partial charge on any atom is 1.00 e. The molecule has 0 unspecified atom stereocenters. The third-order valence-corrected chi connectivity index (χ3v) is 0.208. The van der Waals surface area contributed by atoms with E-state index in [0.29, 0.717) is 0 Å². The maximum absolute atomic E-state index is 9.27. The molecule has 0 aromatic heterocycles. The first kappa shape index (κ1) is 53.3. The van der Waals surface area contributed by atoms with E-state index in [-0.39, 0.29) is 46.9 Å². The van der Waals surface area contributed by atoms with E-state index in [2.05, 4.69) is 38.1 Å². The molecule has 0 spiro atoms. The largest absolute Gasteiger partial charge is 1.00 e. The van der Waals surface area contributed by atoms with Crippen LogP contribution in [0.1, 0.15) is 0 Å². The van der Waals surface area contributed by atoms with Crippen molar-refractivity contribution in [2.75, 3.05) is 6.54 Å². The first-order valence-electron chi connectivity index (χ1n) is 2.32. The second-order valence-electron chi connectivity index (χ2n) is 0.688. The summed E-state index contributed by atoms with van der Waals surface area (Å²) in [6.07, 6.45) is 0. The number of carbonyl (C=O) groups is 1. The van der Waals surface area contributed by atoms with Crippen LogP contribution in [0.3, 0.4) is 0 Å². The molecule has 0 heterocycles. The van der Waals surface area contributed by atoms with E-state index in [1.807, 2.05) is 0 Å². The van der Waals surface area contributed by atoms with Gasteiger partial charge in [0.1, 0.15) is 5.97 Å². The zero-order chi connectivity index (χ0) is 15.0. The van der Waals surface area contributed by atoms with Gasteiger partial charge in [-0.25, -0.2) is 6.57 Å². The van der Waals surface area contributed by atoms with Gasteiger partial charge in [-0.1, -0.05) is 0 Å². The van der Waals surface area contributed by atoms with Gasteiger partial charge in [0.2, 0.25) is 0 Å². The van der Waals surface area contributed by atoms with Crippen molar-refractivity contribution < 1.29 is 80.1 Å². The van der Waals surface area contributed by atoms with Crippen LogP contribution in [0.15, 0.2) is 0 Å². The normalized spacial score (nSPS) is 2.72. The summed E-state index contributed by atoms with van der Waals surface area (Å²) in [5, 5.41) is 9.27. The van der Waals surface area contributed by atoms with Crippen molar-refractivity contribution in [3.05, 3.63) is 44.7 Å². The van der Waals surface area contributed by atoms with Crippen molar-refractivity contribution in [2.45, 2.75) is 0 Å². The van der Waals surface area contributed by atoms with Crippen LogP contribution in [0.2, 0.25) is 0 Å². The van der Waals surface area contributed by atoms with Crippen molar-refractivity contribution in [3.63, 3.8) is 0 Å². The fourth-order valence-corrected chi connectivity index (χ4v) is 0.0645. The molecule has 0 aliphatic heterocycles. The Hall–Kier alpha value is -0.808. The molecular formula is C8H2CrNNaO7. The molecule has 0 aromatic rings. The molecular weight excluding hydrogens is 297 g/mol. The van der Waals surface area contributed by atoms with Crippen molar-refractivity contribution >= 4 is 5.97 Å². The van der Waals surface area contributed by atoms with Gasteiger partial charge in [0.25, 0.3) is 6.54 Å². The van der Waals surface area contributed by atoms with E-state index in [0.717, 1.165) is 0 Å². The average Bonchev–Trinajstić information content (AvgIpc) is 2.41. The fourth-order valence-electron chi connectivity index (χ4n) is 0.0645. The van der Waals surface area contributed by atoms with Crippen LogP contribution in [-0.2, 0) is 45.4 Å². The minimum Gasteiger partial charge on any atom is 0 e. The van der Waals surface area contributed by atoms with Gasteiger partial charge in [-0.15, -0.1) is 0 Å². The first-order chi connectivity index (χ1) is 7.77. The third kappa shape index (κ3) is 637. The smallest absolute Gasteiger partial charge is 0 e. The Balaban J connectivity index is -0.0000000122. The molecule has 0 atom stereocenters. The number of carboxylic acids is 1. The van der Waals surface area contributed by atoms with E-state index in [1.54, 1.807) is 0 Å². The Morgan fingerprint density at radius 1 is 0.889 bits per heavy atom. The van der Waals surface area contributed by atoms with E-state index >= 15 is 0 Å². The van der Waals surface area contributed by atoms with Crippen LogP contribution in [0, 0.1) is 39.8 Å². The summed E-state index contributed by atoms with van der Waals surface area (Å²) < 4.78 is 37.5. The molecule has 0 radical (unpaired) electrons. The molecule has 0 aliphatic carbocycles. The summed E-state index contributed by atoms with van der Waals surface area (Å²) in [5.74, 6) is -1.31. The van der Waals surface area contributed by atoms with Crippen LogP contribution in [0.5, 0.6) is 0 Å². The van der Waals surface area contributed by atoms with Crippen molar-refractivity contribution in [1.29, 1.82) is 0 Å². The van der Waals surface area contributed by atoms with Gasteiger partial charge in [0, 0.05) is 17.4 Å². The number of hydrogen-bond acceptors (Lipinski definition) is 2. The van der Waals surface area contributed by atoms with Crippen molar-refractivity contribution in [3.8, 4) is 0 Å². The molecule has 0 bridgehead atoms. The Morgan fingerprint density at radius 3 is 1.06 bits per heavy atom. The van der Waals surface area contributed by atoms with E-state index in [9.17, 15) is 9.90 Å². The number of rotatable bonds is 1. The number of hydrogen-bond donors (Lipinski definition) is 0. The number of carboxylic acid groups (broad SMARTS) is 1. The van der Waals surface area contributed by atoms with Gasteiger partial charge in [-0.05, 0) is 0 Å². The van der Waals surface area contributed by atoms with Crippen LogP contribution in [-0.4, -0.2) is 12.5 Å².